The molecule has 0 unspecified atom stereocenters. The highest BCUT2D eigenvalue weighted by Gasteiger charge is 2.25. The molecule has 0 saturated carbocycles. The van der Waals surface area contributed by atoms with Crippen LogP contribution in [0.2, 0.25) is 0 Å². The number of carbonyl (C=O) groups is 1. The van der Waals surface area contributed by atoms with E-state index in [1.807, 2.05) is 18.2 Å². The third kappa shape index (κ3) is 5.26. The van der Waals surface area contributed by atoms with Crippen molar-refractivity contribution in [3.63, 3.8) is 0 Å². The van der Waals surface area contributed by atoms with Crippen molar-refractivity contribution in [1.82, 2.24) is 14.1 Å². The molecule has 0 aliphatic rings. The van der Waals surface area contributed by atoms with Gasteiger partial charge in [0.15, 0.2) is 0 Å². The van der Waals surface area contributed by atoms with Crippen LogP contribution in [0.5, 0.6) is 0 Å². The van der Waals surface area contributed by atoms with E-state index in [1.54, 1.807) is 64.1 Å². The molecule has 0 aliphatic heterocycles. The van der Waals surface area contributed by atoms with E-state index >= 15 is 0 Å². The summed E-state index contributed by atoms with van der Waals surface area (Å²) < 4.78 is 28.8. The number of hydrogen-bond acceptors (Lipinski definition) is 5. The fourth-order valence-electron chi connectivity index (χ4n) is 3.76. The van der Waals surface area contributed by atoms with Crippen molar-refractivity contribution in [2.45, 2.75) is 45.1 Å². The Hall–Kier alpha value is -3.30. The van der Waals surface area contributed by atoms with Gasteiger partial charge in [-0.1, -0.05) is 51.1 Å². The van der Waals surface area contributed by atoms with E-state index in [2.05, 4.69) is 10.4 Å². The zero-order valence-electron chi connectivity index (χ0n) is 19.9. The van der Waals surface area contributed by atoms with E-state index in [9.17, 15) is 18.0 Å². The summed E-state index contributed by atoms with van der Waals surface area (Å²) in [6.45, 7) is 7.86. The molecule has 1 amide bonds. The summed E-state index contributed by atoms with van der Waals surface area (Å²) in [6, 6.07) is 16.1. The lowest BCUT2D eigenvalue weighted by Crippen LogP contribution is -2.34. The van der Waals surface area contributed by atoms with Crippen LogP contribution in [0.15, 0.2) is 70.4 Å². The molecule has 0 radical (unpaired) electrons. The first-order valence-electron chi connectivity index (χ1n) is 11.3. The van der Waals surface area contributed by atoms with Crippen molar-refractivity contribution in [3.8, 4) is 11.3 Å². The second kappa shape index (κ2) is 10.8. The number of aryl methyl sites for hydroxylation is 1. The van der Waals surface area contributed by atoms with Gasteiger partial charge in [0.25, 0.3) is 5.56 Å². The Kier molecular flexibility index (Phi) is 8.01. The van der Waals surface area contributed by atoms with Crippen LogP contribution < -0.4 is 10.9 Å². The third-order valence-electron chi connectivity index (χ3n) is 5.66. The highest BCUT2D eigenvalue weighted by Crippen LogP contribution is 2.26. The molecule has 1 heterocycles. The second-order valence-corrected chi connectivity index (χ2v) is 9.76. The number of sulfonamides is 1. The number of benzene rings is 2. The molecular weight excluding hydrogens is 452 g/mol. The highest BCUT2D eigenvalue weighted by atomic mass is 32.2. The fraction of sp³-hybridized carbons (Fsp3) is 0.320. The van der Waals surface area contributed by atoms with E-state index in [1.165, 1.54) is 10.4 Å². The van der Waals surface area contributed by atoms with Crippen molar-refractivity contribution in [2.24, 2.45) is 0 Å². The maximum absolute atomic E-state index is 13.1. The van der Waals surface area contributed by atoms with Gasteiger partial charge < -0.3 is 5.32 Å². The Bertz CT molecular complexity index is 1320. The molecule has 0 saturated heterocycles. The Morgan fingerprint density at radius 1 is 1.03 bits per heavy atom. The van der Waals surface area contributed by atoms with Crippen LogP contribution in [0, 0.1) is 6.92 Å². The summed E-state index contributed by atoms with van der Waals surface area (Å²) >= 11 is 0. The van der Waals surface area contributed by atoms with Crippen LogP contribution in [0.25, 0.3) is 11.3 Å². The van der Waals surface area contributed by atoms with E-state index in [4.69, 9.17) is 0 Å². The van der Waals surface area contributed by atoms with Crippen LogP contribution in [0.3, 0.4) is 0 Å². The summed E-state index contributed by atoms with van der Waals surface area (Å²) in [4.78, 5) is 25.7. The molecule has 1 atom stereocenters. The van der Waals surface area contributed by atoms with Crippen LogP contribution in [0.1, 0.15) is 38.8 Å². The predicted octanol–water partition coefficient (Wildman–Crippen LogP) is 3.84. The van der Waals surface area contributed by atoms with E-state index in [0.29, 0.717) is 42.0 Å². The van der Waals surface area contributed by atoms with Gasteiger partial charge in [-0.05, 0) is 43.2 Å². The van der Waals surface area contributed by atoms with Crippen molar-refractivity contribution < 1.29 is 13.2 Å². The van der Waals surface area contributed by atoms with Crippen molar-refractivity contribution in [2.75, 3.05) is 18.4 Å². The molecule has 1 aromatic heterocycles. The minimum atomic E-state index is -3.68. The molecule has 3 rings (SSSR count). The smallest absolute Gasteiger partial charge is 0.267 e. The van der Waals surface area contributed by atoms with Gasteiger partial charge in [-0.15, -0.1) is 0 Å². The fourth-order valence-corrected chi connectivity index (χ4v) is 5.47. The van der Waals surface area contributed by atoms with Crippen LogP contribution in [-0.2, 0) is 14.8 Å². The molecule has 3 aromatic rings. The quantitative estimate of drug-likeness (QED) is 0.499. The summed E-state index contributed by atoms with van der Waals surface area (Å²) in [5, 5.41) is 7.27. The summed E-state index contributed by atoms with van der Waals surface area (Å²) in [5.41, 5.74) is 1.78. The molecule has 0 bridgehead atoms. The number of para-hydroxylation sites is 1. The van der Waals surface area contributed by atoms with Gasteiger partial charge in [0, 0.05) is 30.4 Å². The molecule has 180 valence electrons. The third-order valence-corrected chi connectivity index (χ3v) is 7.85. The minimum absolute atomic E-state index is 0.196. The number of rotatable bonds is 9. The van der Waals surface area contributed by atoms with Gasteiger partial charge in [0.1, 0.15) is 6.04 Å². The summed E-state index contributed by atoms with van der Waals surface area (Å²) in [6.07, 6.45) is 0.352. The Balaban J connectivity index is 2.02. The van der Waals surface area contributed by atoms with E-state index < -0.39 is 21.6 Å². The second-order valence-electron chi connectivity index (χ2n) is 7.85. The number of hydrogen-bond donors (Lipinski definition) is 1. The number of carbonyl (C=O) groups excluding carboxylic acids is 1. The summed E-state index contributed by atoms with van der Waals surface area (Å²) in [5.74, 6) is -0.353. The largest absolute Gasteiger partial charge is 0.324 e. The topological polar surface area (TPSA) is 101 Å². The number of anilines is 1. The first kappa shape index (κ1) is 25.3. The van der Waals surface area contributed by atoms with Gasteiger partial charge in [-0.2, -0.15) is 9.40 Å². The van der Waals surface area contributed by atoms with Gasteiger partial charge in [-0.25, -0.2) is 13.1 Å². The molecule has 9 heteroatoms. The van der Waals surface area contributed by atoms with Crippen LogP contribution in [0.4, 0.5) is 5.69 Å². The Labute approximate surface area is 200 Å². The van der Waals surface area contributed by atoms with Gasteiger partial charge in [0.2, 0.25) is 15.9 Å². The number of nitrogens with one attached hydrogen (secondary N) is 1. The Morgan fingerprint density at radius 2 is 1.71 bits per heavy atom. The Morgan fingerprint density at radius 3 is 2.32 bits per heavy atom. The molecular formula is C25H30N4O4S. The van der Waals surface area contributed by atoms with Crippen LogP contribution in [-0.4, -0.2) is 41.5 Å². The van der Waals surface area contributed by atoms with Crippen molar-refractivity contribution in [1.29, 1.82) is 0 Å². The molecule has 8 nitrogen and oxygen atoms in total. The average molecular weight is 483 g/mol. The lowest BCUT2D eigenvalue weighted by atomic mass is 10.1. The number of amides is 1. The number of aromatic nitrogens is 2. The SMILES string of the molecule is CC[C@H](C(=O)Nc1ccccc1)n1nc(-c2ccc(C)c(S(=O)(=O)N(CC)CC)c2)ccc1=O. The van der Waals surface area contributed by atoms with Gasteiger partial charge in [-0.3, -0.25) is 9.59 Å². The highest BCUT2D eigenvalue weighted by molar-refractivity contribution is 7.89. The maximum atomic E-state index is 13.1. The van der Waals surface area contributed by atoms with E-state index in [-0.39, 0.29) is 10.8 Å². The summed E-state index contributed by atoms with van der Waals surface area (Å²) in [7, 11) is -3.68. The lowest BCUT2D eigenvalue weighted by molar-refractivity contribution is -0.119. The van der Waals surface area contributed by atoms with Crippen molar-refractivity contribution >= 4 is 21.6 Å². The van der Waals surface area contributed by atoms with Crippen LogP contribution >= 0.6 is 0 Å². The zero-order chi connectivity index (χ0) is 24.9. The monoisotopic (exact) mass is 482 g/mol. The zero-order valence-corrected chi connectivity index (χ0v) is 20.7. The molecule has 0 aliphatic carbocycles. The van der Waals surface area contributed by atoms with Gasteiger partial charge >= 0.3 is 0 Å². The average Bonchev–Trinajstić information content (AvgIpc) is 2.82. The van der Waals surface area contributed by atoms with Crippen molar-refractivity contribution in [3.05, 3.63) is 76.6 Å². The first-order chi connectivity index (χ1) is 16.2. The molecule has 34 heavy (non-hydrogen) atoms. The predicted molar refractivity (Wildman–Crippen MR) is 133 cm³/mol. The normalized spacial score (nSPS) is 12.5. The molecule has 0 spiro atoms. The minimum Gasteiger partial charge on any atom is -0.324 e. The number of nitrogens with zero attached hydrogens (tertiary/aromatic N) is 3. The first-order valence-corrected chi connectivity index (χ1v) is 12.7. The lowest BCUT2D eigenvalue weighted by Gasteiger charge is -2.20. The molecule has 1 N–H and O–H groups in total. The molecule has 2 aromatic carbocycles. The standard InChI is InChI=1S/C25H30N4O4S/c1-5-22(25(31)26-20-11-9-8-10-12-20)29-24(30)16-15-21(27-29)19-14-13-18(4)23(17-19)34(32,33)28(6-2)7-3/h8-17,22H,5-7H2,1-4H3,(H,26,31)/t22-/m1/s1. The maximum Gasteiger partial charge on any atom is 0.267 e. The van der Waals surface area contributed by atoms with E-state index in [0.717, 1.165) is 4.68 Å². The molecule has 0 fully saturated rings. The van der Waals surface area contributed by atoms with Gasteiger partial charge in [0.05, 0.1) is 10.6 Å².